The van der Waals surface area contributed by atoms with Crippen molar-refractivity contribution in [3.05, 3.63) is 12.7 Å². The van der Waals surface area contributed by atoms with Crippen molar-refractivity contribution in [3.63, 3.8) is 0 Å². The maximum Gasteiger partial charge on any atom is 0.310 e. The van der Waals surface area contributed by atoms with E-state index < -0.39 is 28.7 Å². The number of likely N-dealkylation sites (tertiary alicyclic amines) is 1. The second-order valence-corrected chi connectivity index (χ2v) is 11.9. The molecule has 8 heteroatoms. The highest BCUT2D eigenvalue weighted by Crippen LogP contribution is 2.69. The van der Waals surface area contributed by atoms with Gasteiger partial charge in [0.05, 0.1) is 35.8 Å². The van der Waals surface area contributed by atoms with Crippen molar-refractivity contribution < 1.29 is 24.2 Å². The number of aliphatic hydroxyl groups excluding tert-OH is 1. The third-order valence-corrected chi connectivity index (χ3v) is 10.1. The molecule has 2 bridgehead atoms. The Hall–Kier alpha value is -1.54. The van der Waals surface area contributed by atoms with Gasteiger partial charge in [0.15, 0.2) is 0 Å². The number of thioether (sulfide) groups is 1. The molecule has 0 aromatic heterocycles. The minimum Gasteiger partial charge on any atom is -0.466 e. The van der Waals surface area contributed by atoms with Crippen molar-refractivity contribution >= 4 is 29.5 Å². The number of hydrogen-bond donors (Lipinski definition) is 1. The molecule has 192 valence electrons. The van der Waals surface area contributed by atoms with E-state index in [-0.39, 0.29) is 48.1 Å². The van der Waals surface area contributed by atoms with Crippen LogP contribution in [0.5, 0.6) is 0 Å². The summed E-state index contributed by atoms with van der Waals surface area (Å²) in [5, 5.41) is 10.3. The van der Waals surface area contributed by atoms with Gasteiger partial charge in [-0.25, -0.2) is 0 Å². The number of carbonyl (C=O) groups is 3. The predicted octanol–water partition coefficient (Wildman–Crippen LogP) is 3.11. The number of unbranched alkanes of at least 4 members (excludes halogenated alkanes) is 2. The molecule has 3 fully saturated rings. The summed E-state index contributed by atoms with van der Waals surface area (Å²) >= 11 is 1.65. The van der Waals surface area contributed by atoms with Gasteiger partial charge in [-0.15, -0.1) is 18.3 Å². The molecule has 3 aliphatic rings. The molecular formula is C26H42N2O5S. The van der Waals surface area contributed by atoms with Gasteiger partial charge >= 0.3 is 5.97 Å². The Balaban J connectivity index is 2.10. The van der Waals surface area contributed by atoms with Crippen LogP contribution in [-0.4, -0.2) is 81.1 Å². The number of fused-ring (bicyclic) bond motifs is 1. The number of amides is 2. The molecule has 0 aliphatic carbocycles. The topological polar surface area (TPSA) is 87.2 Å². The average Bonchev–Trinajstić information content (AvgIpc) is 3.38. The number of esters is 1. The largest absolute Gasteiger partial charge is 0.466 e. The molecule has 3 rings (SSSR count). The highest BCUT2D eigenvalue weighted by atomic mass is 32.2. The van der Waals surface area contributed by atoms with Gasteiger partial charge in [0, 0.05) is 18.3 Å². The molecule has 1 N–H and O–H groups in total. The van der Waals surface area contributed by atoms with E-state index >= 15 is 0 Å². The van der Waals surface area contributed by atoms with Crippen LogP contribution in [0.2, 0.25) is 0 Å². The molecule has 0 radical (unpaired) electrons. The second-order valence-electron chi connectivity index (χ2n) is 10.3. The Morgan fingerprint density at radius 3 is 2.62 bits per heavy atom. The van der Waals surface area contributed by atoms with Crippen LogP contribution in [0, 0.1) is 23.7 Å². The Morgan fingerprint density at radius 2 is 2.06 bits per heavy atom. The summed E-state index contributed by atoms with van der Waals surface area (Å²) in [6, 6.07) is -1.20. The quantitative estimate of drug-likeness (QED) is 0.255. The third-order valence-electron chi connectivity index (χ3n) is 7.98. The Morgan fingerprint density at radius 1 is 1.35 bits per heavy atom. The minimum atomic E-state index is -0.712. The molecule has 3 unspecified atom stereocenters. The molecule has 3 heterocycles. The van der Waals surface area contributed by atoms with Gasteiger partial charge in [-0.1, -0.05) is 46.6 Å². The van der Waals surface area contributed by atoms with Crippen LogP contribution in [0.15, 0.2) is 12.7 Å². The zero-order chi connectivity index (χ0) is 25.2. The second kappa shape index (κ2) is 11.0. The Kier molecular flexibility index (Phi) is 8.77. The molecular weight excluding hydrogens is 452 g/mol. The summed E-state index contributed by atoms with van der Waals surface area (Å²) in [4.78, 5) is 44.9. The number of carbonyl (C=O) groups excluding carboxylic acids is 3. The van der Waals surface area contributed by atoms with Gasteiger partial charge in [-0.05, 0) is 31.6 Å². The van der Waals surface area contributed by atoms with E-state index in [2.05, 4.69) is 20.4 Å². The predicted molar refractivity (Wildman–Crippen MR) is 134 cm³/mol. The van der Waals surface area contributed by atoms with Crippen LogP contribution in [0.4, 0.5) is 0 Å². The number of ether oxygens (including phenoxy) is 1. The van der Waals surface area contributed by atoms with Crippen molar-refractivity contribution in [1.82, 2.24) is 9.80 Å². The van der Waals surface area contributed by atoms with Crippen molar-refractivity contribution in [1.29, 1.82) is 0 Å². The van der Waals surface area contributed by atoms with Gasteiger partial charge in [-0.3, -0.25) is 14.4 Å². The van der Waals surface area contributed by atoms with Gasteiger partial charge < -0.3 is 19.6 Å². The maximum absolute atomic E-state index is 14.3. The molecule has 3 aliphatic heterocycles. The van der Waals surface area contributed by atoms with E-state index in [4.69, 9.17) is 4.74 Å². The molecule has 7 nitrogen and oxygen atoms in total. The van der Waals surface area contributed by atoms with Crippen LogP contribution < -0.4 is 0 Å². The molecule has 0 aromatic carbocycles. The summed E-state index contributed by atoms with van der Waals surface area (Å²) in [5.41, 5.74) is 0. The zero-order valence-corrected chi connectivity index (χ0v) is 22.2. The first-order valence-corrected chi connectivity index (χ1v) is 13.8. The highest BCUT2D eigenvalue weighted by molar-refractivity contribution is 8.02. The minimum absolute atomic E-state index is 0.0278. The Bertz CT molecular complexity index is 789. The number of hydrogen-bond acceptors (Lipinski definition) is 6. The number of nitrogens with zero attached hydrogens (tertiary/aromatic N) is 2. The van der Waals surface area contributed by atoms with Crippen molar-refractivity contribution in [2.75, 3.05) is 26.3 Å². The lowest BCUT2D eigenvalue weighted by Gasteiger charge is -2.42. The van der Waals surface area contributed by atoms with E-state index in [0.29, 0.717) is 13.1 Å². The normalized spacial score (nSPS) is 32.7. The van der Waals surface area contributed by atoms with Gasteiger partial charge in [-0.2, -0.15) is 0 Å². The average molecular weight is 495 g/mol. The van der Waals surface area contributed by atoms with E-state index in [1.54, 1.807) is 29.7 Å². The highest BCUT2D eigenvalue weighted by Gasteiger charge is 2.77. The monoisotopic (exact) mass is 494 g/mol. The first-order chi connectivity index (χ1) is 16.2. The van der Waals surface area contributed by atoms with Crippen LogP contribution in [0.25, 0.3) is 0 Å². The fourth-order valence-electron chi connectivity index (χ4n) is 6.40. The zero-order valence-electron chi connectivity index (χ0n) is 21.4. The fraction of sp³-hybridized carbons (Fsp3) is 0.808. The molecule has 7 atom stereocenters. The van der Waals surface area contributed by atoms with Crippen LogP contribution >= 0.6 is 11.8 Å². The molecule has 0 aromatic rings. The standard InChI is InChI=1S/C26H42N2O5S/c1-7-10-11-13-27(12-8-2)24(31)22-26-17(6)14-19(34-26)20(25(32)33-9-3)21(26)23(30)28(22)18(15-29)16(4)5/h8,16-22,29H,2,7,9-15H2,1,3-6H3/t17?,18-,19+,20-,21-,22?,26?/m0/s1. The SMILES string of the molecule is C=CCN(CCCCC)C(=O)C1N([C@@H](CO)C(C)C)C(=O)[C@@H]2[C@@H](C(=O)OCC)[C@H]3CC(C)C12S3. The maximum atomic E-state index is 14.3. The lowest BCUT2D eigenvalue weighted by Crippen LogP contribution is -2.60. The van der Waals surface area contributed by atoms with E-state index in [9.17, 15) is 19.5 Å². The van der Waals surface area contributed by atoms with Gasteiger partial charge in [0.1, 0.15) is 6.04 Å². The van der Waals surface area contributed by atoms with Gasteiger partial charge in [0.25, 0.3) is 0 Å². The Labute approximate surface area is 208 Å². The van der Waals surface area contributed by atoms with Crippen molar-refractivity contribution in [2.45, 2.75) is 82.4 Å². The van der Waals surface area contributed by atoms with Crippen molar-refractivity contribution in [2.24, 2.45) is 23.7 Å². The summed E-state index contributed by atoms with van der Waals surface area (Å²) in [6.45, 7) is 14.8. The fourth-order valence-corrected chi connectivity index (χ4v) is 8.79. The summed E-state index contributed by atoms with van der Waals surface area (Å²) in [5.74, 6) is -1.70. The molecule has 1 spiro atoms. The number of rotatable bonds is 12. The molecule has 2 amide bonds. The van der Waals surface area contributed by atoms with Crippen LogP contribution in [-0.2, 0) is 19.1 Å². The van der Waals surface area contributed by atoms with E-state index in [0.717, 1.165) is 25.7 Å². The summed E-state index contributed by atoms with van der Waals surface area (Å²) in [6.07, 6.45) is 5.46. The molecule has 0 saturated carbocycles. The molecule has 3 saturated heterocycles. The molecule has 34 heavy (non-hydrogen) atoms. The lowest BCUT2D eigenvalue weighted by molar-refractivity contribution is -0.154. The summed E-state index contributed by atoms with van der Waals surface area (Å²) in [7, 11) is 0. The third kappa shape index (κ3) is 4.29. The summed E-state index contributed by atoms with van der Waals surface area (Å²) < 4.78 is 4.71. The van der Waals surface area contributed by atoms with Crippen LogP contribution in [0.3, 0.4) is 0 Å². The van der Waals surface area contributed by atoms with Crippen LogP contribution in [0.1, 0.15) is 60.3 Å². The first-order valence-electron chi connectivity index (χ1n) is 12.9. The van der Waals surface area contributed by atoms with E-state index in [1.165, 1.54) is 0 Å². The lowest BCUT2D eigenvalue weighted by atomic mass is 9.66. The van der Waals surface area contributed by atoms with Gasteiger partial charge in [0.2, 0.25) is 11.8 Å². The van der Waals surface area contributed by atoms with Crippen molar-refractivity contribution in [3.8, 4) is 0 Å². The smallest absolute Gasteiger partial charge is 0.310 e. The first kappa shape index (κ1) is 27.1. The number of aliphatic hydroxyl groups is 1. The van der Waals surface area contributed by atoms with E-state index in [1.807, 2.05) is 18.7 Å².